The van der Waals surface area contributed by atoms with E-state index < -0.39 is 0 Å². The zero-order valence-corrected chi connectivity index (χ0v) is 9.76. The lowest BCUT2D eigenvalue weighted by Crippen LogP contribution is -2.32. The van der Waals surface area contributed by atoms with Gasteiger partial charge in [0.2, 0.25) is 0 Å². The smallest absolute Gasteiger partial charge is 0.0446 e. The lowest BCUT2D eigenvalue weighted by molar-refractivity contribution is 0.600. The van der Waals surface area contributed by atoms with Crippen LogP contribution in [0.2, 0.25) is 0 Å². The molecule has 2 aliphatic rings. The quantitative estimate of drug-likeness (QED) is 0.655. The van der Waals surface area contributed by atoms with Crippen molar-refractivity contribution < 1.29 is 0 Å². The number of benzene rings is 2. The van der Waals surface area contributed by atoms with Crippen LogP contribution in [0.25, 0.3) is 0 Å². The van der Waals surface area contributed by atoms with Crippen LogP contribution in [0, 0.1) is 0 Å². The lowest BCUT2D eigenvalue weighted by atomic mass is 9.96. The molecule has 84 valence electrons. The monoisotopic (exact) mass is 221 g/mol. The van der Waals surface area contributed by atoms with Crippen LogP contribution < -0.4 is 4.90 Å². The van der Waals surface area contributed by atoms with Gasteiger partial charge in [0.1, 0.15) is 0 Å². The van der Waals surface area contributed by atoms with E-state index >= 15 is 0 Å². The highest BCUT2D eigenvalue weighted by molar-refractivity contribution is 5.74. The Balaban J connectivity index is 1.92. The molecule has 0 bridgehead atoms. The molecule has 0 spiro atoms. The Labute approximate surface area is 102 Å². The number of fused-ring (bicyclic) bond motifs is 5. The van der Waals surface area contributed by atoms with E-state index in [9.17, 15) is 0 Å². The molecule has 0 N–H and O–H groups in total. The highest BCUT2D eigenvalue weighted by Crippen LogP contribution is 2.44. The van der Waals surface area contributed by atoms with Crippen LogP contribution in [0.15, 0.2) is 48.5 Å². The van der Waals surface area contributed by atoms with Gasteiger partial charge in [0, 0.05) is 17.4 Å². The summed E-state index contributed by atoms with van der Waals surface area (Å²) in [7, 11) is 0. The molecule has 2 aromatic carbocycles. The summed E-state index contributed by atoms with van der Waals surface area (Å²) in [5.74, 6) is 0. The van der Waals surface area contributed by atoms with Crippen molar-refractivity contribution in [1.29, 1.82) is 0 Å². The Bertz CT molecular complexity index is 573. The standard InChI is InChI=1S/C16H15N/c1-3-7-15-12(5-1)9-10-14-11-13-6-2-4-8-16(13)17(14)15/h1-8,14H,9-11H2. The molecule has 1 atom stereocenters. The third kappa shape index (κ3) is 1.25. The fourth-order valence-corrected chi connectivity index (χ4v) is 3.30. The van der Waals surface area contributed by atoms with Crippen molar-refractivity contribution in [3.05, 3.63) is 59.7 Å². The number of hydrogen-bond donors (Lipinski definition) is 0. The van der Waals surface area contributed by atoms with Crippen molar-refractivity contribution in [1.82, 2.24) is 0 Å². The molecule has 0 saturated heterocycles. The summed E-state index contributed by atoms with van der Waals surface area (Å²) in [6, 6.07) is 18.4. The van der Waals surface area contributed by atoms with Gasteiger partial charge in [-0.2, -0.15) is 0 Å². The Morgan fingerprint density at radius 2 is 1.47 bits per heavy atom. The van der Waals surface area contributed by atoms with E-state index in [0.717, 1.165) is 0 Å². The number of para-hydroxylation sites is 2. The van der Waals surface area contributed by atoms with Crippen molar-refractivity contribution in [2.24, 2.45) is 0 Å². The maximum Gasteiger partial charge on any atom is 0.0446 e. The Morgan fingerprint density at radius 3 is 2.29 bits per heavy atom. The second-order valence-corrected chi connectivity index (χ2v) is 5.02. The molecule has 1 nitrogen and oxygen atoms in total. The van der Waals surface area contributed by atoms with Crippen LogP contribution in [0.3, 0.4) is 0 Å². The van der Waals surface area contributed by atoms with Crippen LogP contribution in [-0.4, -0.2) is 6.04 Å². The molecular formula is C16H15N. The van der Waals surface area contributed by atoms with Gasteiger partial charge in [-0.25, -0.2) is 0 Å². The molecular weight excluding hydrogens is 206 g/mol. The van der Waals surface area contributed by atoms with Gasteiger partial charge >= 0.3 is 0 Å². The number of aryl methyl sites for hydroxylation is 1. The minimum atomic E-state index is 0.683. The third-order valence-corrected chi connectivity index (χ3v) is 4.07. The summed E-state index contributed by atoms with van der Waals surface area (Å²) in [5.41, 5.74) is 5.85. The molecule has 0 aromatic heterocycles. The zero-order valence-electron chi connectivity index (χ0n) is 9.76. The average molecular weight is 221 g/mol. The second-order valence-electron chi connectivity index (χ2n) is 5.02. The van der Waals surface area contributed by atoms with Gasteiger partial charge in [-0.05, 0) is 42.5 Å². The van der Waals surface area contributed by atoms with Crippen molar-refractivity contribution in [3.63, 3.8) is 0 Å². The van der Waals surface area contributed by atoms with Crippen molar-refractivity contribution in [3.8, 4) is 0 Å². The number of nitrogens with zero attached hydrogens (tertiary/aromatic N) is 1. The summed E-state index contributed by atoms with van der Waals surface area (Å²) in [5, 5.41) is 0. The van der Waals surface area contributed by atoms with Crippen molar-refractivity contribution in [2.45, 2.75) is 25.3 Å². The Morgan fingerprint density at radius 1 is 0.824 bits per heavy atom. The second kappa shape index (κ2) is 3.36. The first kappa shape index (κ1) is 9.29. The highest BCUT2D eigenvalue weighted by atomic mass is 15.2. The van der Waals surface area contributed by atoms with Gasteiger partial charge in [0.05, 0.1) is 0 Å². The first-order valence-electron chi connectivity index (χ1n) is 6.38. The van der Waals surface area contributed by atoms with E-state index in [1.54, 1.807) is 0 Å². The van der Waals surface area contributed by atoms with E-state index in [2.05, 4.69) is 53.4 Å². The predicted molar refractivity (Wildman–Crippen MR) is 70.8 cm³/mol. The average Bonchev–Trinajstić information content (AvgIpc) is 2.77. The normalized spacial score (nSPS) is 20.7. The summed E-state index contributed by atoms with van der Waals surface area (Å²) in [6.45, 7) is 0. The fourth-order valence-electron chi connectivity index (χ4n) is 3.30. The minimum Gasteiger partial charge on any atom is -0.338 e. The van der Waals surface area contributed by atoms with Gasteiger partial charge in [-0.3, -0.25) is 0 Å². The number of hydrogen-bond acceptors (Lipinski definition) is 1. The van der Waals surface area contributed by atoms with E-state index in [4.69, 9.17) is 0 Å². The van der Waals surface area contributed by atoms with Crippen LogP contribution in [-0.2, 0) is 12.8 Å². The number of rotatable bonds is 0. The summed E-state index contributed by atoms with van der Waals surface area (Å²) >= 11 is 0. The minimum absolute atomic E-state index is 0.683. The molecule has 2 heterocycles. The van der Waals surface area contributed by atoms with Crippen LogP contribution in [0.4, 0.5) is 11.4 Å². The lowest BCUT2D eigenvalue weighted by Gasteiger charge is -2.34. The molecule has 1 unspecified atom stereocenters. The maximum atomic E-state index is 2.55. The molecule has 2 aromatic rings. The molecule has 0 fully saturated rings. The molecule has 0 amide bonds. The molecule has 0 aliphatic carbocycles. The molecule has 4 rings (SSSR count). The van der Waals surface area contributed by atoms with Gasteiger partial charge in [0.25, 0.3) is 0 Å². The fraction of sp³-hybridized carbons (Fsp3) is 0.250. The van der Waals surface area contributed by atoms with E-state index in [-0.39, 0.29) is 0 Å². The van der Waals surface area contributed by atoms with Gasteiger partial charge in [-0.15, -0.1) is 0 Å². The first-order chi connectivity index (χ1) is 8.43. The van der Waals surface area contributed by atoms with E-state index in [1.165, 1.54) is 41.8 Å². The molecule has 1 heteroatoms. The highest BCUT2D eigenvalue weighted by Gasteiger charge is 2.33. The predicted octanol–water partition coefficient (Wildman–Crippen LogP) is 3.70. The van der Waals surface area contributed by atoms with E-state index in [0.29, 0.717) is 6.04 Å². The van der Waals surface area contributed by atoms with Gasteiger partial charge in [-0.1, -0.05) is 36.4 Å². The van der Waals surface area contributed by atoms with Crippen molar-refractivity contribution >= 4 is 11.4 Å². The summed E-state index contributed by atoms with van der Waals surface area (Å²) < 4.78 is 0. The van der Waals surface area contributed by atoms with E-state index in [1.807, 2.05) is 0 Å². The SMILES string of the molecule is c1ccc2c(c1)CCC1Cc3ccccc3N21. The largest absolute Gasteiger partial charge is 0.338 e. The summed E-state index contributed by atoms with van der Waals surface area (Å²) in [6.07, 6.45) is 3.72. The van der Waals surface area contributed by atoms with Crippen LogP contribution >= 0.6 is 0 Å². The van der Waals surface area contributed by atoms with Gasteiger partial charge in [0.15, 0.2) is 0 Å². The Hall–Kier alpha value is -1.76. The summed E-state index contributed by atoms with van der Waals surface area (Å²) in [4.78, 5) is 2.55. The first-order valence-corrected chi connectivity index (χ1v) is 6.38. The topological polar surface area (TPSA) is 3.24 Å². The molecule has 17 heavy (non-hydrogen) atoms. The molecule has 0 saturated carbocycles. The molecule has 0 radical (unpaired) electrons. The van der Waals surface area contributed by atoms with Crippen LogP contribution in [0.1, 0.15) is 17.5 Å². The number of anilines is 2. The third-order valence-electron chi connectivity index (χ3n) is 4.07. The zero-order chi connectivity index (χ0) is 11.2. The molecule has 2 aliphatic heterocycles. The Kier molecular flexibility index (Phi) is 1.84. The van der Waals surface area contributed by atoms with Gasteiger partial charge < -0.3 is 4.90 Å². The maximum absolute atomic E-state index is 2.55. The van der Waals surface area contributed by atoms with Crippen LogP contribution in [0.5, 0.6) is 0 Å². The van der Waals surface area contributed by atoms with Crippen molar-refractivity contribution in [2.75, 3.05) is 4.90 Å².